The van der Waals surface area contributed by atoms with E-state index in [9.17, 15) is 8.42 Å². The lowest BCUT2D eigenvalue weighted by Gasteiger charge is -2.31. The molecule has 0 saturated heterocycles. The van der Waals surface area contributed by atoms with Crippen molar-refractivity contribution < 1.29 is 12.8 Å². The molecule has 1 fully saturated rings. The fraction of sp³-hybridized carbons (Fsp3) is 0.375. The first-order chi connectivity index (χ1) is 14.5. The molecule has 0 aliphatic heterocycles. The second kappa shape index (κ2) is 9.14. The highest BCUT2D eigenvalue weighted by molar-refractivity contribution is 7.90. The van der Waals surface area contributed by atoms with Crippen molar-refractivity contribution in [3.8, 4) is 11.5 Å². The van der Waals surface area contributed by atoms with Crippen LogP contribution in [0.1, 0.15) is 49.4 Å². The molecule has 6 heteroatoms. The number of aromatic nitrogens is 1. The van der Waals surface area contributed by atoms with Gasteiger partial charge in [0.25, 0.3) is 0 Å². The Hall–Kier alpha value is -2.44. The lowest BCUT2D eigenvalue weighted by atomic mass is 9.81. The van der Waals surface area contributed by atoms with Crippen LogP contribution in [0.3, 0.4) is 0 Å². The number of sulfone groups is 1. The first-order valence-electron chi connectivity index (χ1n) is 10.5. The van der Waals surface area contributed by atoms with Crippen molar-refractivity contribution in [3.05, 3.63) is 72.1 Å². The van der Waals surface area contributed by atoms with Crippen LogP contribution in [0.4, 0.5) is 0 Å². The highest BCUT2D eigenvalue weighted by atomic mass is 32.2. The van der Waals surface area contributed by atoms with Gasteiger partial charge in [0.2, 0.25) is 5.89 Å². The second-order valence-electron chi connectivity index (χ2n) is 8.11. The summed E-state index contributed by atoms with van der Waals surface area (Å²) in [4.78, 5) is 4.89. The number of rotatable bonds is 7. The summed E-state index contributed by atoms with van der Waals surface area (Å²) in [6.45, 7) is 0.626. The first kappa shape index (κ1) is 20.8. The number of nitrogens with one attached hydrogen (secondary N) is 1. The molecule has 1 saturated carbocycles. The summed E-state index contributed by atoms with van der Waals surface area (Å²) in [7, 11) is -3.21. The maximum atomic E-state index is 11.6. The van der Waals surface area contributed by atoms with Gasteiger partial charge in [0, 0.05) is 24.4 Å². The van der Waals surface area contributed by atoms with Gasteiger partial charge in [0.05, 0.1) is 10.6 Å². The maximum absolute atomic E-state index is 11.6. The number of nitrogens with zero attached hydrogens (tertiary/aromatic N) is 1. The van der Waals surface area contributed by atoms with Crippen LogP contribution in [0.5, 0.6) is 0 Å². The topological polar surface area (TPSA) is 72.2 Å². The molecule has 3 aromatic rings. The van der Waals surface area contributed by atoms with Gasteiger partial charge in [0.1, 0.15) is 6.26 Å². The van der Waals surface area contributed by atoms with E-state index in [1.54, 1.807) is 30.5 Å². The molecule has 1 aromatic heterocycles. The maximum Gasteiger partial charge on any atom is 0.226 e. The third kappa shape index (κ3) is 4.99. The van der Waals surface area contributed by atoms with Gasteiger partial charge in [-0.05, 0) is 48.6 Å². The van der Waals surface area contributed by atoms with Crippen LogP contribution < -0.4 is 5.32 Å². The molecular weight excluding hydrogens is 396 g/mol. The highest BCUT2D eigenvalue weighted by Crippen LogP contribution is 2.34. The Bertz CT molecular complexity index is 1050. The summed E-state index contributed by atoms with van der Waals surface area (Å²) in [6.07, 6.45) is 9.32. The van der Waals surface area contributed by atoms with E-state index in [1.165, 1.54) is 43.9 Å². The molecule has 0 radical (unpaired) electrons. The number of hydrogen-bond donors (Lipinski definition) is 1. The zero-order valence-electron chi connectivity index (χ0n) is 17.3. The largest absolute Gasteiger partial charge is 0.444 e. The molecule has 1 N–H and O–H groups in total. The Labute approximate surface area is 178 Å². The predicted octanol–water partition coefficient (Wildman–Crippen LogP) is 5.16. The van der Waals surface area contributed by atoms with Gasteiger partial charge in [-0.2, -0.15) is 0 Å². The standard InChI is InChI=1S/C24H28N2O3S/c1-30(27,28)22-14-12-20(13-15-22)24-26-21(17-29-24)16-25-23(18-8-4-2-5-9-18)19-10-6-3-7-11-19/h2,4-5,8-9,12-15,17,19,23,25H,3,6-7,10-11,16H2,1H3. The number of hydrogen-bond acceptors (Lipinski definition) is 5. The summed E-state index contributed by atoms with van der Waals surface area (Å²) in [5.41, 5.74) is 2.93. The minimum atomic E-state index is -3.21. The van der Waals surface area contributed by atoms with Crippen molar-refractivity contribution in [2.75, 3.05) is 6.26 Å². The molecule has 5 nitrogen and oxygen atoms in total. The quantitative estimate of drug-likeness (QED) is 0.567. The molecule has 1 aliphatic rings. The smallest absolute Gasteiger partial charge is 0.226 e. The van der Waals surface area contributed by atoms with Gasteiger partial charge in [0.15, 0.2) is 9.84 Å². The van der Waals surface area contributed by atoms with Gasteiger partial charge in [-0.3, -0.25) is 0 Å². The lowest BCUT2D eigenvalue weighted by molar-refractivity contribution is 0.269. The molecule has 0 bridgehead atoms. The van der Waals surface area contributed by atoms with E-state index >= 15 is 0 Å². The molecule has 0 spiro atoms. The minimum absolute atomic E-state index is 0.290. The van der Waals surface area contributed by atoms with Gasteiger partial charge in [-0.1, -0.05) is 49.6 Å². The molecule has 158 valence electrons. The third-order valence-electron chi connectivity index (χ3n) is 5.86. The van der Waals surface area contributed by atoms with Crippen molar-refractivity contribution in [3.63, 3.8) is 0 Å². The van der Waals surface area contributed by atoms with E-state index in [4.69, 9.17) is 4.42 Å². The van der Waals surface area contributed by atoms with Crippen molar-refractivity contribution in [1.82, 2.24) is 10.3 Å². The predicted molar refractivity (Wildman–Crippen MR) is 118 cm³/mol. The van der Waals surface area contributed by atoms with E-state index in [0.29, 0.717) is 24.4 Å². The van der Waals surface area contributed by atoms with E-state index in [-0.39, 0.29) is 4.90 Å². The molecule has 30 heavy (non-hydrogen) atoms. The Morgan fingerprint density at radius 3 is 2.40 bits per heavy atom. The van der Waals surface area contributed by atoms with Crippen LogP contribution in [0, 0.1) is 5.92 Å². The molecular formula is C24H28N2O3S. The van der Waals surface area contributed by atoms with Crippen LogP contribution >= 0.6 is 0 Å². The monoisotopic (exact) mass is 424 g/mol. The summed E-state index contributed by atoms with van der Waals surface area (Å²) >= 11 is 0. The Morgan fingerprint density at radius 2 is 1.73 bits per heavy atom. The van der Waals surface area contributed by atoms with Gasteiger partial charge in [-0.15, -0.1) is 0 Å². The molecule has 0 amide bonds. The van der Waals surface area contributed by atoms with Gasteiger partial charge < -0.3 is 9.73 Å². The van der Waals surface area contributed by atoms with Crippen molar-refractivity contribution in [2.45, 2.75) is 49.6 Å². The van der Waals surface area contributed by atoms with E-state index in [0.717, 1.165) is 11.3 Å². The molecule has 4 rings (SSSR count). The molecule has 1 unspecified atom stereocenters. The zero-order valence-corrected chi connectivity index (χ0v) is 18.1. The van der Waals surface area contributed by atoms with Crippen LogP contribution in [0.25, 0.3) is 11.5 Å². The second-order valence-corrected chi connectivity index (χ2v) is 10.1. The average Bonchev–Trinajstić information content (AvgIpc) is 3.24. The summed E-state index contributed by atoms with van der Waals surface area (Å²) in [5.74, 6) is 1.14. The molecule has 2 aromatic carbocycles. The normalized spacial score (nSPS) is 16.4. The fourth-order valence-electron chi connectivity index (χ4n) is 4.26. The Kier molecular flexibility index (Phi) is 6.35. The first-order valence-corrected chi connectivity index (χ1v) is 12.4. The van der Waals surface area contributed by atoms with Gasteiger partial charge in [-0.25, -0.2) is 13.4 Å². The summed E-state index contributed by atoms with van der Waals surface area (Å²) in [5, 5.41) is 3.71. The summed E-state index contributed by atoms with van der Waals surface area (Å²) in [6, 6.07) is 17.6. The van der Waals surface area contributed by atoms with E-state index in [1.807, 2.05) is 0 Å². The lowest BCUT2D eigenvalue weighted by Crippen LogP contribution is -2.29. The average molecular weight is 425 g/mol. The van der Waals surface area contributed by atoms with Gasteiger partial charge >= 0.3 is 0 Å². The highest BCUT2D eigenvalue weighted by Gasteiger charge is 2.25. The number of benzene rings is 2. The number of oxazole rings is 1. The van der Waals surface area contributed by atoms with Crippen LogP contribution in [-0.2, 0) is 16.4 Å². The Balaban J connectivity index is 1.46. The Morgan fingerprint density at radius 1 is 1.03 bits per heavy atom. The van der Waals surface area contributed by atoms with E-state index < -0.39 is 9.84 Å². The zero-order chi connectivity index (χ0) is 21.0. The third-order valence-corrected chi connectivity index (χ3v) is 6.99. The SMILES string of the molecule is CS(=O)(=O)c1ccc(-c2nc(CNC(c3ccccc3)C3CCCCC3)co2)cc1. The molecule has 1 heterocycles. The molecule has 1 atom stereocenters. The van der Waals surface area contributed by atoms with Crippen LogP contribution in [-0.4, -0.2) is 19.7 Å². The van der Waals surface area contributed by atoms with Crippen LogP contribution in [0.15, 0.2) is 70.2 Å². The van der Waals surface area contributed by atoms with Crippen LogP contribution in [0.2, 0.25) is 0 Å². The summed E-state index contributed by atoms with van der Waals surface area (Å²) < 4.78 is 28.9. The van der Waals surface area contributed by atoms with Crippen molar-refractivity contribution in [2.24, 2.45) is 5.92 Å². The fourth-order valence-corrected chi connectivity index (χ4v) is 4.90. The van der Waals surface area contributed by atoms with Crippen molar-refractivity contribution in [1.29, 1.82) is 0 Å². The molecule has 1 aliphatic carbocycles. The van der Waals surface area contributed by atoms with Crippen molar-refractivity contribution >= 4 is 9.84 Å². The minimum Gasteiger partial charge on any atom is -0.444 e. The van der Waals surface area contributed by atoms with E-state index in [2.05, 4.69) is 40.6 Å².